The van der Waals surface area contributed by atoms with Crippen LogP contribution in [-0.2, 0) is 12.8 Å². The standard InChI is InChI=1S/C25H21N3O2S/c26-21-19-14-17-8-4-5-9-20(17)28-25(19)31-23(21)24(30)27-18-12-10-16(11-13-18)22(29)15-6-2-1-3-7-15/h1-3,6-7,10-14H,4-5,8-9,26H2,(H,27,30). The summed E-state index contributed by atoms with van der Waals surface area (Å²) in [5, 5.41) is 3.75. The van der Waals surface area contributed by atoms with Crippen molar-refractivity contribution in [2.24, 2.45) is 0 Å². The molecule has 31 heavy (non-hydrogen) atoms. The summed E-state index contributed by atoms with van der Waals surface area (Å²) in [5.41, 5.74) is 11.0. The average molecular weight is 428 g/mol. The van der Waals surface area contributed by atoms with E-state index < -0.39 is 0 Å². The molecule has 6 heteroatoms. The predicted octanol–water partition coefficient (Wildman–Crippen LogP) is 5.24. The van der Waals surface area contributed by atoms with Gasteiger partial charge in [-0.2, -0.15) is 0 Å². The topological polar surface area (TPSA) is 85.1 Å². The number of nitrogen functional groups attached to an aromatic ring is 1. The maximum atomic E-state index is 12.9. The van der Waals surface area contributed by atoms with Gasteiger partial charge in [-0.05, 0) is 61.6 Å². The van der Waals surface area contributed by atoms with Crippen molar-refractivity contribution < 1.29 is 9.59 Å². The SMILES string of the molecule is Nc1c(C(=O)Nc2ccc(C(=O)c3ccccc3)cc2)sc2nc3c(cc12)CCCC3. The molecule has 4 aromatic rings. The van der Waals surface area contributed by atoms with Crippen LogP contribution >= 0.6 is 11.3 Å². The third kappa shape index (κ3) is 3.70. The molecule has 1 aliphatic rings. The van der Waals surface area contributed by atoms with Crippen LogP contribution in [0.25, 0.3) is 10.2 Å². The molecule has 0 spiro atoms. The largest absolute Gasteiger partial charge is 0.397 e. The number of carbonyl (C=O) groups is 2. The van der Waals surface area contributed by atoms with Crippen molar-refractivity contribution in [3.8, 4) is 0 Å². The van der Waals surface area contributed by atoms with E-state index in [4.69, 9.17) is 10.7 Å². The minimum atomic E-state index is -0.263. The van der Waals surface area contributed by atoms with Crippen molar-refractivity contribution >= 4 is 44.6 Å². The number of hydrogen-bond donors (Lipinski definition) is 2. The second-order valence-corrected chi connectivity index (χ2v) is 8.72. The number of fused-ring (bicyclic) bond motifs is 2. The number of amides is 1. The first-order valence-corrected chi connectivity index (χ1v) is 11.1. The molecule has 0 fully saturated rings. The van der Waals surface area contributed by atoms with Gasteiger partial charge in [0, 0.05) is 27.9 Å². The Labute approximate surface area is 183 Å². The van der Waals surface area contributed by atoms with Gasteiger partial charge in [-0.25, -0.2) is 4.98 Å². The normalized spacial score (nSPS) is 13.0. The average Bonchev–Trinajstić information content (AvgIpc) is 3.14. The minimum absolute atomic E-state index is 0.0535. The maximum Gasteiger partial charge on any atom is 0.267 e. The molecule has 2 aromatic heterocycles. The molecule has 1 amide bonds. The van der Waals surface area contributed by atoms with Gasteiger partial charge in [-0.1, -0.05) is 30.3 Å². The monoisotopic (exact) mass is 427 g/mol. The number of thiophene rings is 1. The van der Waals surface area contributed by atoms with E-state index in [9.17, 15) is 9.59 Å². The second-order valence-electron chi connectivity index (χ2n) is 7.73. The van der Waals surface area contributed by atoms with Gasteiger partial charge < -0.3 is 11.1 Å². The first-order chi connectivity index (χ1) is 15.1. The van der Waals surface area contributed by atoms with Crippen molar-refractivity contribution in [2.75, 3.05) is 11.1 Å². The van der Waals surface area contributed by atoms with Gasteiger partial charge in [0.15, 0.2) is 5.78 Å². The molecule has 2 aromatic carbocycles. The zero-order valence-electron chi connectivity index (χ0n) is 16.9. The lowest BCUT2D eigenvalue weighted by molar-refractivity contribution is 0.102. The molecule has 0 unspecified atom stereocenters. The maximum absolute atomic E-state index is 12.9. The smallest absolute Gasteiger partial charge is 0.267 e. The molecule has 0 bridgehead atoms. The van der Waals surface area contributed by atoms with Crippen molar-refractivity contribution in [3.05, 3.63) is 87.9 Å². The van der Waals surface area contributed by atoms with Crippen LogP contribution in [0, 0.1) is 0 Å². The number of anilines is 2. The zero-order chi connectivity index (χ0) is 21.4. The van der Waals surface area contributed by atoms with E-state index in [-0.39, 0.29) is 11.7 Å². The lowest BCUT2D eigenvalue weighted by atomic mass is 9.95. The van der Waals surface area contributed by atoms with Crippen LogP contribution in [0.4, 0.5) is 11.4 Å². The first-order valence-electron chi connectivity index (χ1n) is 10.3. The van der Waals surface area contributed by atoms with Crippen molar-refractivity contribution in [3.63, 3.8) is 0 Å². The lowest BCUT2D eigenvalue weighted by Gasteiger charge is -2.14. The Hall–Kier alpha value is -3.51. The van der Waals surface area contributed by atoms with Crippen molar-refractivity contribution in [1.29, 1.82) is 0 Å². The summed E-state index contributed by atoms with van der Waals surface area (Å²) in [7, 11) is 0. The van der Waals surface area contributed by atoms with Gasteiger partial charge in [0.05, 0.1) is 5.69 Å². The van der Waals surface area contributed by atoms with Crippen LogP contribution in [0.1, 0.15) is 49.7 Å². The summed E-state index contributed by atoms with van der Waals surface area (Å²) in [6.07, 6.45) is 4.32. The van der Waals surface area contributed by atoms with E-state index in [0.29, 0.717) is 27.4 Å². The fraction of sp³-hybridized carbons (Fsp3) is 0.160. The molecule has 0 saturated carbocycles. The Morgan fingerprint density at radius 3 is 2.42 bits per heavy atom. The Kier molecular flexibility index (Phi) is 5.00. The van der Waals surface area contributed by atoms with Gasteiger partial charge in [0.25, 0.3) is 5.91 Å². The van der Waals surface area contributed by atoms with Crippen molar-refractivity contribution in [1.82, 2.24) is 4.98 Å². The highest BCUT2D eigenvalue weighted by molar-refractivity contribution is 7.21. The van der Waals surface area contributed by atoms with Crippen LogP contribution in [0.5, 0.6) is 0 Å². The number of ketones is 1. The first kappa shape index (κ1) is 19.5. The number of hydrogen-bond acceptors (Lipinski definition) is 5. The Morgan fingerprint density at radius 2 is 1.65 bits per heavy atom. The Bertz CT molecular complexity index is 1290. The number of aryl methyl sites for hydroxylation is 2. The predicted molar refractivity (Wildman–Crippen MR) is 125 cm³/mol. The van der Waals surface area contributed by atoms with Crippen LogP contribution in [0.2, 0.25) is 0 Å². The Balaban J connectivity index is 1.37. The van der Waals surface area contributed by atoms with Crippen LogP contribution in [-0.4, -0.2) is 16.7 Å². The van der Waals surface area contributed by atoms with Crippen LogP contribution in [0.3, 0.4) is 0 Å². The van der Waals surface area contributed by atoms with E-state index in [0.717, 1.165) is 35.2 Å². The third-order valence-corrected chi connectivity index (χ3v) is 6.76. The summed E-state index contributed by atoms with van der Waals surface area (Å²) >= 11 is 1.33. The summed E-state index contributed by atoms with van der Waals surface area (Å²) in [4.78, 5) is 31.5. The number of nitrogens with one attached hydrogen (secondary N) is 1. The Morgan fingerprint density at radius 1 is 0.935 bits per heavy atom. The van der Waals surface area contributed by atoms with Crippen LogP contribution < -0.4 is 11.1 Å². The highest BCUT2D eigenvalue weighted by atomic mass is 32.1. The fourth-order valence-corrected chi connectivity index (χ4v) is 4.97. The zero-order valence-corrected chi connectivity index (χ0v) is 17.7. The molecule has 5 rings (SSSR count). The van der Waals surface area contributed by atoms with Gasteiger partial charge >= 0.3 is 0 Å². The summed E-state index contributed by atoms with van der Waals surface area (Å²) < 4.78 is 0. The van der Waals surface area contributed by atoms with Gasteiger partial charge in [-0.15, -0.1) is 11.3 Å². The van der Waals surface area contributed by atoms with Crippen LogP contribution in [0.15, 0.2) is 60.7 Å². The number of nitrogens with zero attached hydrogens (tertiary/aromatic N) is 1. The molecule has 0 aliphatic heterocycles. The van der Waals surface area contributed by atoms with Gasteiger partial charge in [0.1, 0.15) is 9.71 Å². The number of pyridine rings is 1. The van der Waals surface area contributed by atoms with E-state index in [2.05, 4.69) is 11.4 Å². The van der Waals surface area contributed by atoms with E-state index in [1.807, 2.05) is 18.2 Å². The number of benzene rings is 2. The van der Waals surface area contributed by atoms with Gasteiger partial charge in [0.2, 0.25) is 0 Å². The highest BCUT2D eigenvalue weighted by Gasteiger charge is 2.20. The number of rotatable bonds is 4. The molecule has 0 atom stereocenters. The second kappa shape index (κ2) is 7.96. The molecule has 0 radical (unpaired) electrons. The molecular weight excluding hydrogens is 406 g/mol. The van der Waals surface area contributed by atoms with E-state index in [1.165, 1.54) is 23.3 Å². The van der Waals surface area contributed by atoms with E-state index >= 15 is 0 Å². The molecule has 3 N–H and O–H groups in total. The molecule has 1 aliphatic carbocycles. The molecule has 2 heterocycles. The fourth-order valence-electron chi connectivity index (χ4n) is 3.98. The minimum Gasteiger partial charge on any atom is -0.397 e. The van der Waals surface area contributed by atoms with Crippen molar-refractivity contribution in [2.45, 2.75) is 25.7 Å². The molecule has 154 valence electrons. The third-order valence-electron chi connectivity index (χ3n) is 5.65. The quantitative estimate of drug-likeness (QED) is 0.436. The highest BCUT2D eigenvalue weighted by Crippen LogP contribution is 2.35. The summed E-state index contributed by atoms with van der Waals surface area (Å²) in [6, 6.07) is 18.1. The van der Waals surface area contributed by atoms with Gasteiger partial charge in [-0.3, -0.25) is 9.59 Å². The molecule has 0 saturated heterocycles. The summed E-state index contributed by atoms with van der Waals surface area (Å²) in [6.45, 7) is 0. The van der Waals surface area contributed by atoms with E-state index in [1.54, 1.807) is 36.4 Å². The lowest BCUT2D eigenvalue weighted by Crippen LogP contribution is -2.12. The molecular formula is C25H21N3O2S. The molecule has 5 nitrogen and oxygen atoms in total. The summed E-state index contributed by atoms with van der Waals surface area (Å²) in [5.74, 6) is -0.317. The number of carbonyl (C=O) groups excluding carboxylic acids is 2. The number of nitrogens with two attached hydrogens (primary N) is 1. The number of aromatic nitrogens is 1.